The van der Waals surface area contributed by atoms with Gasteiger partial charge in [-0.05, 0) is 91.0 Å². The van der Waals surface area contributed by atoms with Crippen molar-refractivity contribution in [3.05, 3.63) is 55.8 Å². The Morgan fingerprint density at radius 3 is 2.52 bits per heavy atom. The van der Waals surface area contributed by atoms with E-state index in [4.69, 9.17) is 0 Å². The van der Waals surface area contributed by atoms with Gasteiger partial charge in [0.15, 0.2) is 5.78 Å². The van der Waals surface area contributed by atoms with Crippen LogP contribution in [0.15, 0.2) is 18.2 Å². The SMILES string of the molecule is Cc1cc(O)cc(C)c1C(=O)C=Cc1sc(C)c2c1C[C@@H]1[C@H]2C1(C)C. The van der Waals surface area contributed by atoms with Crippen molar-refractivity contribution in [3.8, 4) is 5.75 Å². The van der Waals surface area contributed by atoms with Crippen molar-refractivity contribution in [1.82, 2.24) is 0 Å². The molecule has 0 bridgehead atoms. The van der Waals surface area contributed by atoms with Gasteiger partial charge in [-0.2, -0.15) is 0 Å². The molecular formula is C22H24O2S. The molecule has 3 heteroatoms. The smallest absolute Gasteiger partial charge is 0.186 e. The highest BCUT2D eigenvalue weighted by atomic mass is 32.1. The second kappa shape index (κ2) is 5.31. The zero-order valence-electron chi connectivity index (χ0n) is 15.4. The Kier molecular flexibility index (Phi) is 3.52. The molecule has 1 N–H and O–H groups in total. The van der Waals surface area contributed by atoms with Crippen molar-refractivity contribution in [2.45, 2.75) is 47.0 Å². The highest BCUT2D eigenvalue weighted by Crippen LogP contribution is 2.71. The number of hydrogen-bond acceptors (Lipinski definition) is 3. The van der Waals surface area contributed by atoms with E-state index in [2.05, 4.69) is 20.8 Å². The van der Waals surface area contributed by atoms with E-state index in [0.29, 0.717) is 11.0 Å². The monoisotopic (exact) mass is 352 g/mol. The highest BCUT2D eigenvalue weighted by Gasteiger charge is 2.63. The number of fused-ring (bicyclic) bond motifs is 3. The summed E-state index contributed by atoms with van der Waals surface area (Å²) >= 11 is 1.82. The van der Waals surface area contributed by atoms with Crippen LogP contribution < -0.4 is 0 Å². The number of thiophene rings is 1. The van der Waals surface area contributed by atoms with E-state index in [1.807, 2.05) is 31.3 Å². The molecule has 0 unspecified atom stereocenters. The van der Waals surface area contributed by atoms with Crippen LogP contribution in [0.3, 0.4) is 0 Å². The zero-order valence-corrected chi connectivity index (χ0v) is 16.3. The molecule has 130 valence electrons. The summed E-state index contributed by atoms with van der Waals surface area (Å²) in [6.45, 7) is 10.7. The van der Waals surface area contributed by atoms with Gasteiger partial charge in [-0.1, -0.05) is 13.8 Å². The van der Waals surface area contributed by atoms with Gasteiger partial charge in [0, 0.05) is 15.3 Å². The number of phenols is 1. The van der Waals surface area contributed by atoms with Crippen molar-refractivity contribution in [1.29, 1.82) is 0 Å². The molecule has 1 aromatic heterocycles. The number of phenolic OH excluding ortho intramolecular Hbond substituents is 1. The van der Waals surface area contributed by atoms with Crippen LogP contribution in [-0.2, 0) is 6.42 Å². The number of benzene rings is 1. The molecule has 1 heterocycles. The maximum atomic E-state index is 12.7. The lowest BCUT2D eigenvalue weighted by molar-refractivity contribution is 0.104. The minimum absolute atomic E-state index is 0.0123. The summed E-state index contributed by atoms with van der Waals surface area (Å²) in [7, 11) is 0. The number of carbonyl (C=O) groups is 1. The lowest BCUT2D eigenvalue weighted by atomic mass is 9.95. The fraction of sp³-hybridized carbons (Fsp3) is 0.409. The molecule has 4 rings (SSSR count). The number of allylic oxidation sites excluding steroid dienone is 1. The minimum atomic E-state index is 0.0123. The first-order valence-corrected chi connectivity index (χ1v) is 9.68. The van der Waals surface area contributed by atoms with E-state index in [1.54, 1.807) is 23.8 Å². The van der Waals surface area contributed by atoms with Gasteiger partial charge >= 0.3 is 0 Å². The molecule has 2 atom stereocenters. The highest BCUT2D eigenvalue weighted by molar-refractivity contribution is 7.13. The topological polar surface area (TPSA) is 37.3 Å². The number of carbonyl (C=O) groups excluding carboxylic acids is 1. The fourth-order valence-corrected chi connectivity index (χ4v) is 6.00. The molecule has 1 aromatic carbocycles. The van der Waals surface area contributed by atoms with Crippen LogP contribution in [0, 0.1) is 32.1 Å². The molecule has 0 radical (unpaired) electrons. The van der Waals surface area contributed by atoms with Crippen LogP contribution in [0.1, 0.15) is 62.1 Å². The maximum absolute atomic E-state index is 12.7. The summed E-state index contributed by atoms with van der Waals surface area (Å²) in [5.41, 5.74) is 5.83. The first-order chi connectivity index (χ1) is 11.7. The van der Waals surface area contributed by atoms with Crippen LogP contribution in [-0.4, -0.2) is 10.9 Å². The Morgan fingerprint density at radius 2 is 1.88 bits per heavy atom. The number of rotatable bonds is 3. The number of aryl methyl sites for hydroxylation is 3. The molecule has 0 spiro atoms. The van der Waals surface area contributed by atoms with Gasteiger partial charge in [-0.15, -0.1) is 11.3 Å². The molecule has 1 fully saturated rings. The molecular weight excluding hydrogens is 328 g/mol. The third-order valence-electron chi connectivity index (χ3n) is 6.20. The first kappa shape index (κ1) is 16.6. The molecule has 0 saturated heterocycles. The van der Waals surface area contributed by atoms with Crippen molar-refractivity contribution in [3.63, 3.8) is 0 Å². The van der Waals surface area contributed by atoms with Gasteiger partial charge in [-0.3, -0.25) is 4.79 Å². The van der Waals surface area contributed by atoms with Gasteiger partial charge in [0.2, 0.25) is 0 Å². The van der Waals surface area contributed by atoms with Crippen molar-refractivity contribution in [2.75, 3.05) is 0 Å². The molecule has 2 aromatic rings. The molecule has 0 aliphatic heterocycles. The van der Waals surface area contributed by atoms with Gasteiger partial charge in [-0.25, -0.2) is 0 Å². The fourth-order valence-electron chi connectivity index (χ4n) is 4.86. The number of ketones is 1. The van der Waals surface area contributed by atoms with E-state index in [0.717, 1.165) is 29.4 Å². The number of aromatic hydroxyl groups is 1. The Balaban J connectivity index is 1.64. The average molecular weight is 352 g/mol. The van der Waals surface area contributed by atoms with Crippen LogP contribution in [0.25, 0.3) is 6.08 Å². The van der Waals surface area contributed by atoms with E-state index in [1.165, 1.54) is 15.3 Å². The minimum Gasteiger partial charge on any atom is -0.508 e. The average Bonchev–Trinajstić information content (AvgIpc) is 2.85. The number of hydrogen-bond donors (Lipinski definition) is 1. The predicted molar refractivity (Wildman–Crippen MR) is 104 cm³/mol. The Bertz CT molecular complexity index is 907. The standard InChI is InChI=1S/C22H24O2S/c1-11-8-14(23)9-12(2)19(11)17(24)6-7-18-15-10-16-21(22(16,4)5)20(15)13(3)25-18/h6-9,16,21,23H,10H2,1-5H3/t16-,21-/m1/s1. The van der Waals surface area contributed by atoms with Gasteiger partial charge in [0.25, 0.3) is 0 Å². The van der Waals surface area contributed by atoms with Crippen LogP contribution in [0.2, 0.25) is 0 Å². The Hall–Kier alpha value is -1.87. The molecule has 2 aliphatic carbocycles. The van der Waals surface area contributed by atoms with Crippen LogP contribution in [0.4, 0.5) is 0 Å². The predicted octanol–water partition coefficient (Wildman–Crippen LogP) is 5.57. The van der Waals surface area contributed by atoms with E-state index >= 15 is 0 Å². The lowest BCUT2D eigenvalue weighted by Crippen LogP contribution is -2.01. The second-order valence-corrected chi connectivity index (χ2v) is 9.43. The summed E-state index contributed by atoms with van der Waals surface area (Å²) in [5, 5.41) is 9.66. The first-order valence-electron chi connectivity index (χ1n) is 8.86. The zero-order chi connectivity index (χ0) is 18.1. The van der Waals surface area contributed by atoms with E-state index < -0.39 is 0 Å². The molecule has 2 aliphatic rings. The van der Waals surface area contributed by atoms with Gasteiger partial charge in [0.1, 0.15) is 5.75 Å². The molecule has 25 heavy (non-hydrogen) atoms. The van der Waals surface area contributed by atoms with E-state index in [-0.39, 0.29) is 11.5 Å². The lowest BCUT2D eigenvalue weighted by Gasteiger charge is -2.09. The molecule has 1 saturated carbocycles. The summed E-state index contributed by atoms with van der Waals surface area (Å²) in [4.78, 5) is 15.4. The summed E-state index contributed by atoms with van der Waals surface area (Å²) in [6, 6.07) is 3.30. The Labute approximate surface area is 153 Å². The molecule has 0 amide bonds. The molecule has 2 nitrogen and oxygen atoms in total. The Morgan fingerprint density at radius 1 is 1.24 bits per heavy atom. The quantitative estimate of drug-likeness (QED) is 0.579. The third kappa shape index (κ3) is 2.40. The van der Waals surface area contributed by atoms with Crippen LogP contribution in [0.5, 0.6) is 5.75 Å². The van der Waals surface area contributed by atoms with Crippen LogP contribution >= 0.6 is 11.3 Å². The summed E-state index contributed by atoms with van der Waals surface area (Å²) < 4.78 is 0. The van der Waals surface area contributed by atoms with E-state index in [9.17, 15) is 9.90 Å². The summed E-state index contributed by atoms with van der Waals surface area (Å²) in [5.74, 6) is 1.73. The second-order valence-electron chi connectivity index (χ2n) is 8.18. The normalized spacial score (nSPS) is 22.9. The third-order valence-corrected chi connectivity index (χ3v) is 7.33. The summed E-state index contributed by atoms with van der Waals surface area (Å²) in [6.07, 6.45) is 4.86. The largest absolute Gasteiger partial charge is 0.508 e. The van der Waals surface area contributed by atoms with Crippen molar-refractivity contribution in [2.24, 2.45) is 11.3 Å². The van der Waals surface area contributed by atoms with Crippen molar-refractivity contribution >= 4 is 23.2 Å². The maximum Gasteiger partial charge on any atom is 0.186 e. The van der Waals surface area contributed by atoms with Crippen molar-refractivity contribution < 1.29 is 9.90 Å². The van der Waals surface area contributed by atoms with Gasteiger partial charge < -0.3 is 5.11 Å². The van der Waals surface area contributed by atoms with Gasteiger partial charge in [0.05, 0.1) is 0 Å².